The number of hydrogen-bond donors (Lipinski definition) is 1. The lowest BCUT2D eigenvalue weighted by Crippen LogP contribution is -2.43. The molecule has 1 aliphatic rings. The lowest BCUT2D eigenvalue weighted by Gasteiger charge is -2.37. The summed E-state index contributed by atoms with van der Waals surface area (Å²) in [4.78, 5) is 0.313. The molecule has 3 aromatic carbocycles. The van der Waals surface area contributed by atoms with Crippen LogP contribution in [0.4, 0.5) is 5.69 Å². The van der Waals surface area contributed by atoms with Gasteiger partial charge in [-0.05, 0) is 41.8 Å². The Morgan fingerprint density at radius 3 is 2.32 bits per heavy atom. The maximum Gasteiger partial charge on any atom is 0.247 e. The fourth-order valence-corrected chi connectivity index (χ4v) is 5.16. The molecule has 1 N–H and O–H groups in total. The zero-order valence-corrected chi connectivity index (χ0v) is 16.4. The number of methoxy groups -OCH3 is 1. The number of anilines is 1. The van der Waals surface area contributed by atoms with Gasteiger partial charge in [-0.25, -0.2) is 8.42 Å². The van der Waals surface area contributed by atoms with E-state index in [2.05, 4.69) is 5.32 Å². The number of para-hydroxylation sites is 1. The summed E-state index contributed by atoms with van der Waals surface area (Å²) in [6.07, 6.45) is 0.158. The Balaban J connectivity index is 1.72. The van der Waals surface area contributed by atoms with E-state index >= 15 is 0 Å². The van der Waals surface area contributed by atoms with Crippen LogP contribution in [0, 0.1) is 0 Å². The van der Waals surface area contributed by atoms with E-state index in [4.69, 9.17) is 4.74 Å². The predicted molar refractivity (Wildman–Crippen MR) is 110 cm³/mol. The first-order valence-electron chi connectivity index (χ1n) is 9.15. The van der Waals surface area contributed by atoms with Crippen molar-refractivity contribution in [1.82, 2.24) is 4.31 Å². The van der Waals surface area contributed by atoms with Crippen molar-refractivity contribution in [3.8, 4) is 5.75 Å². The second-order valence-electron chi connectivity index (χ2n) is 6.67. The highest BCUT2D eigenvalue weighted by atomic mass is 32.2. The molecule has 0 saturated heterocycles. The summed E-state index contributed by atoms with van der Waals surface area (Å²) in [5.41, 5.74) is 2.59. The Morgan fingerprint density at radius 1 is 0.929 bits per heavy atom. The second-order valence-corrected chi connectivity index (χ2v) is 8.53. The summed E-state index contributed by atoms with van der Waals surface area (Å²) < 4.78 is 33.6. The molecule has 3 aromatic rings. The van der Waals surface area contributed by atoms with Gasteiger partial charge in [0, 0.05) is 6.54 Å². The molecule has 4 rings (SSSR count). The number of rotatable bonds is 5. The Hall–Kier alpha value is -2.83. The lowest BCUT2D eigenvalue weighted by molar-refractivity contribution is 0.345. The monoisotopic (exact) mass is 394 g/mol. The van der Waals surface area contributed by atoms with Gasteiger partial charge in [0.1, 0.15) is 16.8 Å². The molecule has 0 spiro atoms. The van der Waals surface area contributed by atoms with E-state index in [1.807, 2.05) is 60.7 Å². The first-order valence-corrected chi connectivity index (χ1v) is 10.6. The largest absolute Gasteiger partial charge is 0.497 e. The molecule has 0 saturated carbocycles. The molecule has 0 fully saturated rings. The number of nitrogens with zero attached hydrogens (tertiary/aromatic N) is 1. The van der Waals surface area contributed by atoms with Crippen molar-refractivity contribution in [3.05, 3.63) is 90.0 Å². The first kappa shape index (κ1) is 18.5. The second kappa shape index (κ2) is 7.66. The molecule has 0 amide bonds. The molecule has 5 nitrogen and oxygen atoms in total. The zero-order valence-electron chi connectivity index (χ0n) is 15.6. The molecule has 0 aliphatic carbocycles. The van der Waals surface area contributed by atoms with Crippen molar-refractivity contribution in [3.63, 3.8) is 0 Å². The zero-order chi connectivity index (χ0) is 19.6. The SMILES string of the molecule is COc1ccc([C@H]2Nc3ccccc3S(=O)(=O)N2CCc2ccccc2)cc1. The molecule has 0 radical (unpaired) electrons. The molecule has 1 heterocycles. The van der Waals surface area contributed by atoms with E-state index in [0.29, 0.717) is 23.5 Å². The van der Waals surface area contributed by atoms with Crippen LogP contribution < -0.4 is 10.1 Å². The van der Waals surface area contributed by atoms with Crippen LogP contribution >= 0.6 is 0 Å². The van der Waals surface area contributed by atoms with Crippen molar-refractivity contribution in [2.75, 3.05) is 19.0 Å². The Labute approximate surface area is 165 Å². The minimum absolute atomic E-state index is 0.313. The molecule has 0 aromatic heterocycles. The number of sulfonamides is 1. The molecular weight excluding hydrogens is 372 g/mol. The van der Waals surface area contributed by atoms with Crippen LogP contribution in [0.1, 0.15) is 17.3 Å². The summed E-state index contributed by atoms with van der Waals surface area (Å²) >= 11 is 0. The number of fused-ring (bicyclic) bond motifs is 1. The average Bonchev–Trinajstić information content (AvgIpc) is 2.73. The Morgan fingerprint density at radius 2 is 1.61 bits per heavy atom. The Bertz CT molecular complexity index is 1050. The van der Waals surface area contributed by atoms with Crippen molar-refractivity contribution in [1.29, 1.82) is 0 Å². The van der Waals surface area contributed by atoms with Crippen molar-refractivity contribution < 1.29 is 13.2 Å². The molecule has 1 aliphatic heterocycles. The smallest absolute Gasteiger partial charge is 0.247 e. The molecule has 144 valence electrons. The molecule has 1 atom stereocenters. The number of benzene rings is 3. The molecule has 0 unspecified atom stereocenters. The Kier molecular flexibility index (Phi) is 5.07. The maximum absolute atomic E-state index is 13.4. The van der Waals surface area contributed by atoms with Crippen molar-refractivity contribution >= 4 is 15.7 Å². The van der Waals surface area contributed by atoms with E-state index in [-0.39, 0.29) is 0 Å². The van der Waals surface area contributed by atoms with Crippen molar-refractivity contribution in [2.24, 2.45) is 0 Å². The van der Waals surface area contributed by atoms with Crippen LogP contribution in [0.15, 0.2) is 83.8 Å². The number of ether oxygens (including phenoxy) is 1. The van der Waals surface area contributed by atoms with E-state index in [1.165, 1.54) is 0 Å². The van der Waals surface area contributed by atoms with Gasteiger partial charge in [-0.15, -0.1) is 0 Å². The topological polar surface area (TPSA) is 58.6 Å². The van der Waals surface area contributed by atoms with Gasteiger partial charge in [0.25, 0.3) is 0 Å². The van der Waals surface area contributed by atoms with Gasteiger partial charge in [0.2, 0.25) is 10.0 Å². The van der Waals surface area contributed by atoms with Gasteiger partial charge in [-0.1, -0.05) is 54.6 Å². The molecule has 0 bridgehead atoms. The summed E-state index contributed by atoms with van der Waals surface area (Å²) in [5.74, 6) is 0.735. The first-order chi connectivity index (χ1) is 13.6. The van der Waals surface area contributed by atoms with Crippen molar-refractivity contribution in [2.45, 2.75) is 17.5 Å². The van der Waals surface area contributed by atoms with E-state index in [0.717, 1.165) is 16.9 Å². The summed E-state index contributed by atoms with van der Waals surface area (Å²) in [6.45, 7) is 0.379. The lowest BCUT2D eigenvalue weighted by atomic mass is 10.1. The minimum Gasteiger partial charge on any atom is -0.497 e. The summed E-state index contributed by atoms with van der Waals surface area (Å²) in [5, 5.41) is 3.40. The van der Waals surface area contributed by atoms with Crippen LogP contribution in [0.2, 0.25) is 0 Å². The quantitative estimate of drug-likeness (QED) is 0.709. The summed E-state index contributed by atoms with van der Waals surface area (Å²) in [6, 6.07) is 24.5. The van der Waals surface area contributed by atoms with Crippen LogP contribution in [-0.2, 0) is 16.4 Å². The van der Waals surface area contributed by atoms with Crippen LogP contribution in [-0.4, -0.2) is 26.4 Å². The normalized spacial score (nSPS) is 18.1. The van der Waals surface area contributed by atoms with Gasteiger partial charge in [0.05, 0.1) is 12.8 Å². The molecule has 28 heavy (non-hydrogen) atoms. The van der Waals surface area contributed by atoms with Gasteiger partial charge >= 0.3 is 0 Å². The highest BCUT2D eigenvalue weighted by Crippen LogP contribution is 2.38. The van der Waals surface area contributed by atoms with Crippen LogP contribution in [0.3, 0.4) is 0 Å². The minimum atomic E-state index is -3.63. The highest BCUT2D eigenvalue weighted by molar-refractivity contribution is 7.89. The van der Waals surface area contributed by atoms with E-state index in [9.17, 15) is 8.42 Å². The van der Waals surface area contributed by atoms with Crippen LogP contribution in [0.25, 0.3) is 0 Å². The predicted octanol–water partition coefficient (Wildman–Crippen LogP) is 4.05. The molecular formula is C22H22N2O3S. The summed E-state index contributed by atoms with van der Waals surface area (Å²) in [7, 11) is -2.01. The third-order valence-electron chi connectivity index (χ3n) is 4.95. The fraction of sp³-hybridized carbons (Fsp3) is 0.182. The van der Waals surface area contributed by atoms with Gasteiger partial charge in [-0.2, -0.15) is 4.31 Å². The standard InChI is InChI=1S/C22H22N2O3S/c1-27-19-13-11-18(12-14-19)22-23-20-9-5-6-10-21(20)28(25,26)24(22)16-15-17-7-3-2-4-8-17/h2-14,22-23H,15-16H2,1H3/t22-/m0/s1. The maximum atomic E-state index is 13.4. The number of hydrogen-bond acceptors (Lipinski definition) is 4. The van der Waals surface area contributed by atoms with Gasteiger partial charge < -0.3 is 10.1 Å². The highest BCUT2D eigenvalue weighted by Gasteiger charge is 2.38. The number of nitrogens with one attached hydrogen (secondary N) is 1. The van der Waals surface area contributed by atoms with E-state index < -0.39 is 16.2 Å². The van der Waals surface area contributed by atoms with Gasteiger partial charge in [-0.3, -0.25) is 0 Å². The van der Waals surface area contributed by atoms with E-state index in [1.54, 1.807) is 29.6 Å². The molecule has 6 heteroatoms. The van der Waals surface area contributed by atoms with Crippen LogP contribution in [0.5, 0.6) is 5.75 Å². The third-order valence-corrected chi connectivity index (χ3v) is 6.87. The van der Waals surface area contributed by atoms with Gasteiger partial charge in [0.15, 0.2) is 0 Å². The average molecular weight is 394 g/mol. The third kappa shape index (κ3) is 3.48. The fourth-order valence-electron chi connectivity index (χ4n) is 3.46.